The zero-order valence-electron chi connectivity index (χ0n) is 7.34. The number of hydrogen-bond acceptors (Lipinski definition) is 1. The second-order valence-electron chi connectivity index (χ2n) is 2.84. The molecule has 0 fully saturated rings. The Labute approximate surface area is 73.4 Å². The zero-order valence-corrected chi connectivity index (χ0v) is 7.34. The summed E-state index contributed by atoms with van der Waals surface area (Å²) in [4.78, 5) is 11.4. The molecule has 1 aromatic carbocycles. The van der Waals surface area contributed by atoms with E-state index in [2.05, 4.69) is 6.92 Å². The molecule has 1 aromatic rings. The van der Waals surface area contributed by atoms with E-state index in [1.54, 1.807) is 0 Å². The van der Waals surface area contributed by atoms with E-state index in [0.29, 0.717) is 12.8 Å². The lowest BCUT2D eigenvalue weighted by Gasteiger charge is -2.01. The van der Waals surface area contributed by atoms with Crippen LogP contribution >= 0.6 is 0 Å². The van der Waals surface area contributed by atoms with Crippen molar-refractivity contribution in [3.05, 3.63) is 42.3 Å². The first-order valence-electron chi connectivity index (χ1n) is 4.14. The van der Waals surface area contributed by atoms with Crippen LogP contribution in [0.1, 0.15) is 28.8 Å². The van der Waals surface area contributed by atoms with Crippen molar-refractivity contribution in [2.75, 3.05) is 0 Å². The van der Waals surface area contributed by atoms with Gasteiger partial charge in [-0.15, -0.1) is 0 Å². The van der Waals surface area contributed by atoms with E-state index in [9.17, 15) is 4.79 Å². The Hall–Kier alpha value is -1.11. The van der Waals surface area contributed by atoms with E-state index in [0.717, 1.165) is 11.1 Å². The fourth-order valence-electron chi connectivity index (χ4n) is 1.18. The van der Waals surface area contributed by atoms with Crippen LogP contribution in [0.5, 0.6) is 0 Å². The van der Waals surface area contributed by atoms with Crippen molar-refractivity contribution in [2.24, 2.45) is 0 Å². The maximum Gasteiger partial charge on any atom is 0.163 e. The molecule has 0 saturated carbocycles. The molecule has 0 atom stereocenters. The molecule has 0 aliphatic heterocycles. The number of rotatable bonds is 3. The third kappa shape index (κ3) is 1.94. The van der Waals surface area contributed by atoms with Crippen molar-refractivity contribution >= 4 is 5.78 Å². The summed E-state index contributed by atoms with van der Waals surface area (Å²) >= 11 is 0. The van der Waals surface area contributed by atoms with Gasteiger partial charge in [0.1, 0.15) is 0 Å². The van der Waals surface area contributed by atoms with Crippen LogP contribution in [0, 0.1) is 13.8 Å². The van der Waals surface area contributed by atoms with Gasteiger partial charge in [-0.05, 0) is 18.9 Å². The molecule has 0 N–H and O–H groups in total. The van der Waals surface area contributed by atoms with Gasteiger partial charge in [0.15, 0.2) is 5.78 Å². The highest BCUT2D eigenvalue weighted by atomic mass is 16.1. The van der Waals surface area contributed by atoms with Gasteiger partial charge in [0.2, 0.25) is 0 Å². The SMILES string of the molecule is [CH2]CCC(=O)c1ccccc1C. The monoisotopic (exact) mass is 161 g/mol. The Morgan fingerprint density at radius 1 is 1.42 bits per heavy atom. The summed E-state index contributed by atoms with van der Waals surface area (Å²) in [5, 5.41) is 0. The summed E-state index contributed by atoms with van der Waals surface area (Å²) in [6.45, 7) is 5.61. The molecule has 0 bridgehead atoms. The molecule has 0 spiro atoms. The van der Waals surface area contributed by atoms with Gasteiger partial charge in [-0.3, -0.25) is 4.79 Å². The smallest absolute Gasteiger partial charge is 0.163 e. The molecular formula is C11H13O. The predicted octanol–water partition coefficient (Wildman–Crippen LogP) is 2.79. The second-order valence-corrected chi connectivity index (χ2v) is 2.84. The summed E-state index contributed by atoms with van der Waals surface area (Å²) in [7, 11) is 0. The normalized spacial score (nSPS) is 9.83. The van der Waals surface area contributed by atoms with E-state index in [4.69, 9.17) is 0 Å². The predicted molar refractivity (Wildman–Crippen MR) is 50.1 cm³/mol. The van der Waals surface area contributed by atoms with Gasteiger partial charge < -0.3 is 0 Å². The molecule has 0 aromatic heterocycles. The maximum atomic E-state index is 11.4. The zero-order chi connectivity index (χ0) is 8.97. The number of Topliss-reactive ketones (excluding diaryl/α,β-unsaturated/α-hetero) is 1. The molecule has 1 radical (unpaired) electrons. The van der Waals surface area contributed by atoms with Gasteiger partial charge in [0, 0.05) is 12.0 Å². The lowest BCUT2D eigenvalue weighted by molar-refractivity contribution is 0.0983. The molecule has 0 unspecified atom stereocenters. The van der Waals surface area contributed by atoms with Gasteiger partial charge in [-0.2, -0.15) is 0 Å². The highest BCUT2D eigenvalue weighted by Crippen LogP contribution is 2.10. The van der Waals surface area contributed by atoms with E-state index < -0.39 is 0 Å². The largest absolute Gasteiger partial charge is 0.294 e. The van der Waals surface area contributed by atoms with Crippen LogP contribution in [0.3, 0.4) is 0 Å². The third-order valence-corrected chi connectivity index (χ3v) is 1.85. The molecule has 1 nitrogen and oxygen atoms in total. The third-order valence-electron chi connectivity index (χ3n) is 1.85. The average molecular weight is 161 g/mol. The van der Waals surface area contributed by atoms with Crippen LogP contribution in [-0.4, -0.2) is 5.78 Å². The van der Waals surface area contributed by atoms with Gasteiger partial charge in [0.05, 0.1) is 0 Å². The molecule has 0 aliphatic carbocycles. The number of benzene rings is 1. The van der Waals surface area contributed by atoms with Crippen molar-refractivity contribution < 1.29 is 4.79 Å². The number of hydrogen-bond donors (Lipinski definition) is 0. The van der Waals surface area contributed by atoms with Crippen LogP contribution in [0.25, 0.3) is 0 Å². The van der Waals surface area contributed by atoms with Crippen LogP contribution < -0.4 is 0 Å². The van der Waals surface area contributed by atoms with Gasteiger partial charge >= 0.3 is 0 Å². The van der Waals surface area contributed by atoms with Crippen LogP contribution in [-0.2, 0) is 0 Å². The summed E-state index contributed by atoms with van der Waals surface area (Å²) in [5.74, 6) is 0.197. The number of carbonyl (C=O) groups excluding carboxylic acids is 1. The Kier molecular flexibility index (Phi) is 3.03. The van der Waals surface area contributed by atoms with Gasteiger partial charge in [0.25, 0.3) is 0 Å². The second kappa shape index (κ2) is 4.05. The van der Waals surface area contributed by atoms with Crippen LogP contribution in [0.4, 0.5) is 0 Å². The Balaban J connectivity index is 2.87. The molecule has 0 saturated heterocycles. The molecule has 1 rings (SSSR count). The quantitative estimate of drug-likeness (QED) is 0.623. The summed E-state index contributed by atoms with van der Waals surface area (Å²) in [6.07, 6.45) is 1.22. The highest BCUT2D eigenvalue weighted by Gasteiger charge is 2.05. The lowest BCUT2D eigenvalue weighted by atomic mass is 10.0. The molecule has 0 heterocycles. The van der Waals surface area contributed by atoms with Crippen molar-refractivity contribution in [1.82, 2.24) is 0 Å². The Bertz CT molecular complexity index is 276. The van der Waals surface area contributed by atoms with E-state index in [1.165, 1.54) is 0 Å². The minimum absolute atomic E-state index is 0.197. The standard InChI is InChI=1S/C11H13O/c1-3-6-11(12)10-8-5-4-7-9(10)2/h4-5,7-8H,1,3,6H2,2H3. The first-order chi connectivity index (χ1) is 5.75. The van der Waals surface area contributed by atoms with Crippen LogP contribution in [0.2, 0.25) is 0 Å². The Morgan fingerprint density at radius 2 is 2.08 bits per heavy atom. The van der Waals surface area contributed by atoms with Crippen molar-refractivity contribution in [3.63, 3.8) is 0 Å². The van der Waals surface area contributed by atoms with Crippen molar-refractivity contribution in [1.29, 1.82) is 0 Å². The first kappa shape index (κ1) is 8.98. The summed E-state index contributed by atoms with van der Waals surface area (Å²) < 4.78 is 0. The highest BCUT2D eigenvalue weighted by molar-refractivity contribution is 5.97. The Morgan fingerprint density at radius 3 is 2.67 bits per heavy atom. The van der Waals surface area contributed by atoms with E-state index >= 15 is 0 Å². The number of ketones is 1. The fraction of sp³-hybridized carbons (Fsp3) is 0.273. The van der Waals surface area contributed by atoms with Crippen molar-refractivity contribution in [3.8, 4) is 0 Å². The molecule has 12 heavy (non-hydrogen) atoms. The summed E-state index contributed by atoms with van der Waals surface area (Å²) in [5.41, 5.74) is 1.89. The molecular weight excluding hydrogens is 148 g/mol. The molecule has 63 valence electrons. The fourth-order valence-corrected chi connectivity index (χ4v) is 1.18. The minimum Gasteiger partial charge on any atom is -0.294 e. The van der Waals surface area contributed by atoms with E-state index in [1.807, 2.05) is 31.2 Å². The molecule has 0 amide bonds. The molecule has 1 heteroatoms. The van der Waals surface area contributed by atoms with Crippen molar-refractivity contribution in [2.45, 2.75) is 19.8 Å². The molecule has 0 aliphatic rings. The first-order valence-corrected chi connectivity index (χ1v) is 4.14. The minimum atomic E-state index is 0.197. The lowest BCUT2D eigenvalue weighted by Crippen LogP contribution is -2.00. The summed E-state index contributed by atoms with van der Waals surface area (Å²) in [6, 6.07) is 7.66. The number of aryl methyl sites for hydroxylation is 1. The number of carbonyl (C=O) groups is 1. The topological polar surface area (TPSA) is 17.1 Å². The van der Waals surface area contributed by atoms with E-state index in [-0.39, 0.29) is 5.78 Å². The van der Waals surface area contributed by atoms with Gasteiger partial charge in [-0.1, -0.05) is 31.2 Å². The van der Waals surface area contributed by atoms with Gasteiger partial charge in [-0.25, -0.2) is 0 Å². The average Bonchev–Trinajstić information content (AvgIpc) is 2.05. The maximum absolute atomic E-state index is 11.4. The van der Waals surface area contributed by atoms with Crippen LogP contribution in [0.15, 0.2) is 24.3 Å².